The first-order valence-corrected chi connectivity index (χ1v) is 4.70. The number of esters is 1. The zero-order valence-electron chi connectivity index (χ0n) is 9.52. The molecule has 0 aromatic heterocycles. The van der Waals surface area contributed by atoms with Crippen LogP contribution in [0.4, 0.5) is 0 Å². The van der Waals surface area contributed by atoms with Gasteiger partial charge in [-0.15, -0.1) is 0 Å². The van der Waals surface area contributed by atoms with Gasteiger partial charge in [0, 0.05) is 0 Å². The zero-order chi connectivity index (χ0) is 12.1. The van der Waals surface area contributed by atoms with E-state index in [1.807, 2.05) is 0 Å². The molecule has 0 heterocycles. The predicted octanol–water partition coefficient (Wildman–Crippen LogP) is 0.877. The van der Waals surface area contributed by atoms with Crippen molar-refractivity contribution in [2.75, 3.05) is 21.3 Å². The summed E-state index contributed by atoms with van der Waals surface area (Å²) >= 11 is 0. The predicted molar refractivity (Wildman–Crippen MR) is 58.5 cm³/mol. The van der Waals surface area contributed by atoms with Gasteiger partial charge in [-0.2, -0.15) is 0 Å². The number of carbonyl (C=O) groups excluding carboxylic acids is 1. The third kappa shape index (κ3) is 2.25. The fourth-order valence-corrected chi connectivity index (χ4v) is 1.43. The highest BCUT2D eigenvalue weighted by atomic mass is 16.5. The van der Waals surface area contributed by atoms with E-state index >= 15 is 0 Å². The first-order valence-electron chi connectivity index (χ1n) is 4.70. The van der Waals surface area contributed by atoms with Gasteiger partial charge in [0.05, 0.1) is 26.9 Å². The number of benzene rings is 1. The van der Waals surface area contributed by atoms with Crippen molar-refractivity contribution < 1.29 is 19.0 Å². The first-order chi connectivity index (χ1) is 7.65. The number of nitrogens with two attached hydrogens (primary N) is 1. The van der Waals surface area contributed by atoms with Crippen molar-refractivity contribution in [3.05, 3.63) is 23.8 Å². The molecule has 0 aliphatic carbocycles. The van der Waals surface area contributed by atoms with Gasteiger partial charge in [-0.3, -0.25) is 0 Å². The van der Waals surface area contributed by atoms with E-state index in [0.29, 0.717) is 17.1 Å². The SMILES string of the molecule is COC(=O)[C@@H](N)c1c(OC)cccc1OC. The van der Waals surface area contributed by atoms with Crippen LogP contribution >= 0.6 is 0 Å². The van der Waals surface area contributed by atoms with Crippen LogP contribution in [0.5, 0.6) is 11.5 Å². The fraction of sp³-hybridized carbons (Fsp3) is 0.364. The molecule has 5 heteroatoms. The van der Waals surface area contributed by atoms with Gasteiger partial charge in [-0.1, -0.05) is 6.07 Å². The quantitative estimate of drug-likeness (QED) is 0.770. The molecule has 1 aromatic carbocycles. The topological polar surface area (TPSA) is 70.8 Å². The molecule has 0 aliphatic heterocycles. The Morgan fingerprint density at radius 3 is 2.06 bits per heavy atom. The summed E-state index contributed by atoms with van der Waals surface area (Å²) in [6.45, 7) is 0. The lowest BCUT2D eigenvalue weighted by molar-refractivity contribution is -0.142. The molecule has 0 amide bonds. The molecule has 16 heavy (non-hydrogen) atoms. The molecule has 0 saturated carbocycles. The average molecular weight is 225 g/mol. The summed E-state index contributed by atoms with van der Waals surface area (Å²) in [6.07, 6.45) is 0. The average Bonchev–Trinajstić information content (AvgIpc) is 2.35. The molecule has 0 unspecified atom stereocenters. The van der Waals surface area contributed by atoms with E-state index in [9.17, 15) is 4.79 Å². The molecule has 0 bridgehead atoms. The Labute approximate surface area is 94.1 Å². The monoisotopic (exact) mass is 225 g/mol. The van der Waals surface area contributed by atoms with Gasteiger partial charge < -0.3 is 19.9 Å². The third-order valence-electron chi connectivity index (χ3n) is 2.23. The summed E-state index contributed by atoms with van der Waals surface area (Å²) in [5, 5.41) is 0. The van der Waals surface area contributed by atoms with Crippen LogP contribution in [0.25, 0.3) is 0 Å². The molecule has 0 fully saturated rings. The van der Waals surface area contributed by atoms with E-state index in [2.05, 4.69) is 4.74 Å². The maximum Gasteiger partial charge on any atom is 0.327 e. The van der Waals surface area contributed by atoms with Gasteiger partial charge in [0.25, 0.3) is 0 Å². The lowest BCUT2D eigenvalue weighted by atomic mass is 10.1. The summed E-state index contributed by atoms with van der Waals surface area (Å²) in [5.74, 6) is 0.456. The lowest BCUT2D eigenvalue weighted by Crippen LogP contribution is -2.23. The Morgan fingerprint density at radius 1 is 1.19 bits per heavy atom. The maximum absolute atomic E-state index is 11.4. The minimum absolute atomic E-state index is 0.486. The van der Waals surface area contributed by atoms with Crippen LogP contribution in [-0.2, 0) is 9.53 Å². The highest BCUT2D eigenvalue weighted by Gasteiger charge is 2.24. The van der Waals surface area contributed by atoms with Crippen molar-refractivity contribution in [2.24, 2.45) is 5.73 Å². The number of hydrogen-bond donors (Lipinski definition) is 1. The van der Waals surface area contributed by atoms with Crippen molar-refractivity contribution in [1.29, 1.82) is 0 Å². The van der Waals surface area contributed by atoms with Crippen molar-refractivity contribution in [3.63, 3.8) is 0 Å². The molecule has 1 aromatic rings. The zero-order valence-corrected chi connectivity index (χ0v) is 9.52. The van der Waals surface area contributed by atoms with Gasteiger partial charge in [0.2, 0.25) is 0 Å². The maximum atomic E-state index is 11.4. The summed E-state index contributed by atoms with van der Waals surface area (Å²) in [7, 11) is 4.29. The Hall–Kier alpha value is -1.75. The molecule has 88 valence electrons. The van der Waals surface area contributed by atoms with Crippen LogP contribution in [0.3, 0.4) is 0 Å². The van der Waals surface area contributed by atoms with Crippen molar-refractivity contribution >= 4 is 5.97 Å². The molecular weight excluding hydrogens is 210 g/mol. The molecule has 1 atom stereocenters. The standard InChI is InChI=1S/C11H15NO4/c1-14-7-5-4-6-8(15-2)9(7)10(12)11(13)16-3/h4-6,10H,12H2,1-3H3/t10-/m0/s1. The second kappa shape index (κ2) is 5.37. The number of ether oxygens (including phenoxy) is 3. The van der Waals surface area contributed by atoms with Crippen molar-refractivity contribution in [1.82, 2.24) is 0 Å². The largest absolute Gasteiger partial charge is 0.496 e. The molecule has 1 rings (SSSR count). The molecular formula is C11H15NO4. The number of hydrogen-bond acceptors (Lipinski definition) is 5. The molecule has 0 aliphatic rings. The van der Waals surface area contributed by atoms with Gasteiger partial charge in [0.1, 0.15) is 17.5 Å². The fourth-order valence-electron chi connectivity index (χ4n) is 1.43. The molecule has 0 saturated heterocycles. The minimum Gasteiger partial charge on any atom is -0.496 e. The van der Waals surface area contributed by atoms with E-state index in [1.54, 1.807) is 18.2 Å². The van der Waals surface area contributed by atoms with Crippen LogP contribution in [0.1, 0.15) is 11.6 Å². The van der Waals surface area contributed by atoms with Crippen LogP contribution in [0.15, 0.2) is 18.2 Å². The Balaban J connectivity index is 3.22. The second-order valence-corrected chi connectivity index (χ2v) is 3.08. The Morgan fingerprint density at radius 2 is 1.69 bits per heavy atom. The van der Waals surface area contributed by atoms with Crippen molar-refractivity contribution in [3.8, 4) is 11.5 Å². The first kappa shape index (κ1) is 12.3. The summed E-state index contributed by atoms with van der Waals surface area (Å²) in [5.41, 5.74) is 6.25. The van der Waals surface area contributed by atoms with E-state index in [1.165, 1.54) is 21.3 Å². The van der Waals surface area contributed by atoms with E-state index in [4.69, 9.17) is 15.2 Å². The summed E-state index contributed by atoms with van der Waals surface area (Å²) in [4.78, 5) is 11.4. The van der Waals surface area contributed by atoms with Crippen LogP contribution in [0.2, 0.25) is 0 Å². The molecule has 0 spiro atoms. The van der Waals surface area contributed by atoms with Crippen molar-refractivity contribution in [2.45, 2.75) is 6.04 Å². The van der Waals surface area contributed by atoms with Gasteiger partial charge in [-0.25, -0.2) is 4.79 Å². The second-order valence-electron chi connectivity index (χ2n) is 3.08. The summed E-state index contributed by atoms with van der Waals surface area (Å²) < 4.78 is 14.9. The number of carbonyl (C=O) groups is 1. The van der Waals surface area contributed by atoms with E-state index in [-0.39, 0.29) is 0 Å². The lowest BCUT2D eigenvalue weighted by Gasteiger charge is -2.16. The van der Waals surface area contributed by atoms with Gasteiger partial charge >= 0.3 is 5.97 Å². The summed E-state index contributed by atoms with van der Waals surface area (Å²) in [6, 6.07) is 4.25. The van der Waals surface area contributed by atoms with E-state index in [0.717, 1.165) is 0 Å². The number of methoxy groups -OCH3 is 3. The highest BCUT2D eigenvalue weighted by molar-refractivity contribution is 5.79. The smallest absolute Gasteiger partial charge is 0.327 e. The molecule has 0 radical (unpaired) electrons. The minimum atomic E-state index is -0.920. The number of rotatable bonds is 4. The normalized spacial score (nSPS) is 11.8. The van der Waals surface area contributed by atoms with Gasteiger partial charge in [-0.05, 0) is 12.1 Å². The Kier molecular flexibility index (Phi) is 4.13. The van der Waals surface area contributed by atoms with E-state index < -0.39 is 12.0 Å². The van der Waals surface area contributed by atoms with Crippen LogP contribution in [0, 0.1) is 0 Å². The molecule has 5 nitrogen and oxygen atoms in total. The Bertz CT molecular complexity index is 356. The van der Waals surface area contributed by atoms with Crippen LogP contribution in [-0.4, -0.2) is 27.3 Å². The third-order valence-corrected chi connectivity index (χ3v) is 2.23. The van der Waals surface area contributed by atoms with Crippen LogP contribution < -0.4 is 15.2 Å². The highest BCUT2D eigenvalue weighted by Crippen LogP contribution is 2.33. The molecule has 2 N–H and O–H groups in total. The van der Waals surface area contributed by atoms with Gasteiger partial charge in [0.15, 0.2) is 0 Å².